The highest BCUT2D eigenvalue weighted by molar-refractivity contribution is 7.94. The average Bonchev–Trinajstić information content (AvgIpc) is 2.77. The fraction of sp³-hybridized carbons (Fsp3) is 0.235. The Morgan fingerprint density at radius 3 is 2.36 bits per heavy atom. The van der Waals surface area contributed by atoms with E-state index < -0.39 is 49.2 Å². The lowest BCUT2D eigenvalue weighted by molar-refractivity contribution is -0.119. The van der Waals surface area contributed by atoms with E-state index in [2.05, 4.69) is 0 Å². The van der Waals surface area contributed by atoms with E-state index in [1.807, 2.05) is 4.72 Å². The van der Waals surface area contributed by atoms with Gasteiger partial charge in [-0.2, -0.15) is 0 Å². The molecule has 1 atom stereocenters. The second kappa shape index (κ2) is 6.82. The maximum atomic E-state index is 13.8. The Morgan fingerprint density at radius 2 is 1.82 bits per heavy atom. The van der Waals surface area contributed by atoms with Crippen LogP contribution in [-0.4, -0.2) is 28.5 Å². The van der Waals surface area contributed by atoms with Crippen LogP contribution in [0.3, 0.4) is 0 Å². The molecule has 2 aromatic rings. The van der Waals surface area contributed by atoms with Crippen LogP contribution in [0.1, 0.15) is 12.5 Å². The van der Waals surface area contributed by atoms with Gasteiger partial charge < -0.3 is 0 Å². The van der Waals surface area contributed by atoms with Crippen molar-refractivity contribution in [3.63, 3.8) is 0 Å². The molecule has 11 heteroatoms. The van der Waals surface area contributed by atoms with Gasteiger partial charge in [-0.05, 0) is 42.8 Å². The quantitative estimate of drug-likeness (QED) is 0.803. The average molecular weight is 430 g/mol. The van der Waals surface area contributed by atoms with E-state index in [1.165, 1.54) is 26.0 Å². The number of nitrogens with zero attached hydrogens (tertiary/aromatic N) is 1. The zero-order valence-electron chi connectivity index (χ0n) is 14.8. The van der Waals surface area contributed by atoms with Crippen LogP contribution >= 0.6 is 0 Å². The van der Waals surface area contributed by atoms with E-state index in [1.54, 1.807) is 0 Å². The van der Waals surface area contributed by atoms with E-state index in [9.17, 15) is 30.4 Å². The Balaban J connectivity index is 1.97. The smallest absolute Gasteiger partial charge is 0.262 e. The van der Waals surface area contributed by atoms with Gasteiger partial charge in [0.05, 0.1) is 27.9 Å². The summed E-state index contributed by atoms with van der Waals surface area (Å²) in [5.74, 6) is -3.55. The van der Waals surface area contributed by atoms with Crippen molar-refractivity contribution in [1.82, 2.24) is 0 Å². The van der Waals surface area contributed by atoms with Crippen molar-refractivity contribution in [2.45, 2.75) is 18.7 Å². The summed E-state index contributed by atoms with van der Waals surface area (Å²) in [5, 5.41) is 0. The molecule has 1 unspecified atom stereocenters. The standard InChI is InChI=1S/C17H16F2N2O5S2/c1-10-7-13(21-17(22)11(2)9-27(21,23)24)4-6-16(10)28(25,26)20-15-5-3-12(18)8-14(15)19/h3-8,11,20H,9H2,1-2H3. The third-order valence-electron chi connectivity index (χ3n) is 4.22. The van der Waals surface area contributed by atoms with E-state index in [-0.39, 0.29) is 21.9 Å². The summed E-state index contributed by atoms with van der Waals surface area (Å²) in [4.78, 5) is 11.9. The van der Waals surface area contributed by atoms with Crippen LogP contribution in [0.2, 0.25) is 0 Å². The number of hydrogen-bond acceptors (Lipinski definition) is 5. The van der Waals surface area contributed by atoms with Crippen LogP contribution in [-0.2, 0) is 24.8 Å². The molecular weight excluding hydrogens is 414 g/mol. The first kappa shape index (κ1) is 20.2. The van der Waals surface area contributed by atoms with Gasteiger partial charge in [0.2, 0.25) is 15.9 Å². The van der Waals surface area contributed by atoms with Crippen LogP contribution < -0.4 is 9.03 Å². The van der Waals surface area contributed by atoms with E-state index in [0.717, 1.165) is 18.2 Å². The number of nitrogens with one attached hydrogen (secondary N) is 1. The van der Waals surface area contributed by atoms with Crippen LogP contribution in [0.4, 0.5) is 20.2 Å². The number of rotatable bonds is 4. The molecule has 1 amide bonds. The number of carbonyl (C=O) groups excluding carboxylic acids is 1. The predicted octanol–water partition coefficient (Wildman–Crippen LogP) is 2.39. The molecule has 0 saturated carbocycles. The fourth-order valence-electron chi connectivity index (χ4n) is 2.92. The van der Waals surface area contributed by atoms with E-state index in [4.69, 9.17) is 0 Å². The molecular formula is C17H16F2N2O5S2. The fourth-order valence-corrected chi connectivity index (χ4v) is 6.03. The summed E-state index contributed by atoms with van der Waals surface area (Å²) in [6.07, 6.45) is 0. The van der Waals surface area contributed by atoms with Crippen LogP contribution in [0.25, 0.3) is 0 Å². The summed E-state index contributed by atoms with van der Waals surface area (Å²) in [6, 6.07) is 5.96. The number of anilines is 2. The van der Waals surface area contributed by atoms with Crippen molar-refractivity contribution in [2.75, 3.05) is 14.8 Å². The SMILES string of the molecule is Cc1cc(N2C(=O)C(C)CS2(=O)=O)ccc1S(=O)(=O)Nc1ccc(F)cc1F. The Hall–Kier alpha value is -2.53. The minimum Gasteiger partial charge on any atom is -0.277 e. The van der Waals surface area contributed by atoms with Crippen LogP contribution in [0.5, 0.6) is 0 Å². The first-order valence-electron chi connectivity index (χ1n) is 8.08. The first-order chi connectivity index (χ1) is 12.9. The number of carbonyl (C=O) groups is 1. The number of sulfonamides is 2. The van der Waals surface area contributed by atoms with Gasteiger partial charge in [-0.25, -0.2) is 29.9 Å². The maximum absolute atomic E-state index is 13.8. The molecule has 1 heterocycles. The molecule has 7 nitrogen and oxygen atoms in total. The summed E-state index contributed by atoms with van der Waals surface area (Å²) in [5.41, 5.74) is -0.259. The monoisotopic (exact) mass is 430 g/mol. The second-order valence-electron chi connectivity index (χ2n) is 6.46. The lowest BCUT2D eigenvalue weighted by Gasteiger charge is -2.17. The van der Waals surface area contributed by atoms with Crippen molar-refractivity contribution in [2.24, 2.45) is 5.92 Å². The molecule has 0 bridgehead atoms. The van der Waals surface area contributed by atoms with Gasteiger partial charge in [0, 0.05) is 6.07 Å². The van der Waals surface area contributed by atoms with Crippen molar-refractivity contribution in [3.05, 3.63) is 53.6 Å². The molecule has 0 aromatic heterocycles. The summed E-state index contributed by atoms with van der Waals surface area (Å²) in [7, 11) is -8.07. The molecule has 150 valence electrons. The molecule has 2 aromatic carbocycles. The van der Waals surface area contributed by atoms with Gasteiger partial charge >= 0.3 is 0 Å². The number of amides is 1. The molecule has 0 aliphatic carbocycles. The molecule has 1 fully saturated rings. The Kier molecular flexibility index (Phi) is 4.92. The molecule has 1 saturated heterocycles. The van der Waals surface area contributed by atoms with Gasteiger partial charge in [-0.15, -0.1) is 0 Å². The van der Waals surface area contributed by atoms with Gasteiger partial charge in [0.25, 0.3) is 10.0 Å². The predicted molar refractivity (Wildman–Crippen MR) is 98.8 cm³/mol. The summed E-state index contributed by atoms with van der Waals surface area (Å²) < 4.78 is 78.9. The van der Waals surface area contributed by atoms with Crippen molar-refractivity contribution in [1.29, 1.82) is 0 Å². The van der Waals surface area contributed by atoms with E-state index >= 15 is 0 Å². The third kappa shape index (κ3) is 3.59. The number of benzene rings is 2. The minimum absolute atomic E-state index is 0.0266. The number of hydrogen-bond donors (Lipinski definition) is 1. The molecule has 1 N–H and O–H groups in total. The molecule has 0 spiro atoms. The van der Waals surface area contributed by atoms with Crippen molar-refractivity contribution >= 4 is 37.3 Å². The van der Waals surface area contributed by atoms with Gasteiger partial charge in [0.1, 0.15) is 11.6 Å². The topological polar surface area (TPSA) is 101 Å². The lowest BCUT2D eigenvalue weighted by Crippen LogP contribution is -2.30. The number of halogens is 2. The molecule has 0 radical (unpaired) electrons. The normalized spacial score (nSPS) is 19.1. The minimum atomic E-state index is -4.24. The Labute approximate surface area is 161 Å². The molecule has 1 aliphatic heterocycles. The Bertz CT molecular complexity index is 1180. The maximum Gasteiger partial charge on any atom is 0.262 e. The highest BCUT2D eigenvalue weighted by Gasteiger charge is 2.42. The highest BCUT2D eigenvalue weighted by atomic mass is 32.2. The molecule has 28 heavy (non-hydrogen) atoms. The summed E-state index contributed by atoms with van der Waals surface area (Å²) >= 11 is 0. The van der Waals surface area contributed by atoms with E-state index in [0.29, 0.717) is 10.4 Å². The van der Waals surface area contributed by atoms with Crippen molar-refractivity contribution in [3.8, 4) is 0 Å². The zero-order chi connectivity index (χ0) is 20.9. The van der Waals surface area contributed by atoms with Crippen molar-refractivity contribution < 1.29 is 30.4 Å². The molecule has 3 rings (SSSR count). The summed E-state index contributed by atoms with van der Waals surface area (Å²) in [6.45, 7) is 2.91. The lowest BCUT2D eigenvalue weighted by atomic mass is 10.2. The largest absolute Gasteiger partial charge is 0.277 e. The van der Waals surface area contributed by atoms with Crippen LogP contribution in [0, 0.1) is 24.5 Å². The Morgan fingerprint density at radius 1 is 1.14 bits per heavy atom. The second-order valence-corrected chi connectivity index (χ2v) is 9.97. The van der Waals surface area contributed by atoms with Gasteiger partial charge in [0.15, 0.2) is 0 Å². The highest BCUT2D eigenvalue weighted by Crippen LogP contribution is 2.31. The number of aryl methyl sites for hydroxylation is 1. The molecule has 1 aliphatic rings. The third-order valence-corrected chi connectivity index (χ3v) is 7.61. The first-order valence-corrected chi connectivity index (χ1v) is 11.2. The van der Waals surface area contributed by atoms with Gasteiger partial charge in [-0.1, -0.05) is 6.92 Å². The zero-order valence-corrected chi connectivity index (χ0v) is 16.4. The van der Waals surface area contributed by atoms with Crippen LogP contribution in [0.15, 0.2) is 41.3 Å². The van der Waals surface area contributed by atoms with Gasteiger partial charge in [-0.3, -0.25) is 9.52 Å².